The number of anilines is 1. The van der Waals surface area contributed by atoms with Gasteiger partial charge in [0.05, 0.1) is 17.4 Å². The van der Waals surface area contributed by atoms with E-state index in [1.807, 2.05) is 24.3 Å². The van der Waals surface area contributed by atoms with E-state index in [2.05, 4.69) is 15.6 Å². The molecule has 1 saturated carbocycles. The molecule has 0 unspecified atom stereocenters. The van der Waals surface area contributed by atoms with Crippen molar-refractivity contribution in [2.75, 3.05) is 25.6 Å². The highest BCUT2D eigenvalue weighted by Gasteiger charge is 2.42. The number of benzene rings is 1. The molecule has 1 aromatic carbocycles. The molecule has 3 rings (SSSR count). The van der Waals surface area contributed by atoms with Crippen LogP contribution in [0.2, 0.25) is 0 Å². The Morgan fingerprint density at radius 3 is 2.91 bits per heavy atom. The summed E-state index contributed by atoms with van der Waals surface area (Å²) in [7, 11) is 1.70. The number of nitrogens with zero attached hydrogens (tertiary/aromatic N) is 1. The van der Waals surface area contributed by atoms with Gasteiger partial charge >= 0.3 is 6.03 Å². The van der Waals surface area contributed by atoms with Crippen molar-refractivity contribution in [1.82, 2.24) is 10.3 Å². The van der Waals surface area contributed by atoms with Crippen LogP contribution in [0.5, 0.6) is 0 Å². The minimum Gasteiger partial charge on any atom is -0.444 e. The number of hydrogen-bond donors (Lipinski definition) is 2. The molecule has 1 fully saturated rings. The summed E-state index contributed by atoms with van der Waals surface area (Å²) in [6.45, 7) is 1.40. The average Bonchev–Trinajstić information content (AvgIpc) is 3.13. The van der Waals surface area contributed by atoms with E-state index in [-0.39, 0.29) is 11.4 Å². The zero-order valence-corrected chi connectivity index (χ0v) is 13.2. The molecule has 2 aromatic rings. The molecule has 0 radical (unpaired) electrons. The average molecular weight is 315 g/mol. The van der Waals surface area contributed by atoms with Crippen LogP contribution in [0, 0.1) is 5.41 Å². The number of urea groups is 1. The third-order valence-electron chi connectivity index (χ3n) is 4.26. The van der Waals surface area contributed by atoms with Gasteiger partial charge in [-0.1, -0.05) is 12.1 Å². The summed E-state index contributed by atoms with van der Waals surface area (Å²) >= 11 is 0. The fraction of sp³-hybridized carbons (Fsp3) is 0.412. The van der Waals surface area contributed by atoms with Crippen molar-refractivity contribution in [3.05, 3.63) is 36.7 Å². The molecule has 0 bridgehead atoms. The number of hydrogen-bond acceptors (Lipinski definition) is 4. The van der Waals surface area contributed by atoms with Crippen LogP contribution in [-0.4, -0.2) is 31.3 Å². The second kappa shape index (κ2) is 6.83. The molecule has 23 heavy (non-hydrogen) atoms. The fourth-order valence-electron chi connectivity index (χ4n) is 2.58. The normalized spacial score (nSPS) is 15.2. The highest BCUT2D eigenvalue weighted by Crippen LogP contribution is 2.48. The summed E-state index contributed by atoms with van der Waals surface area (Å²) in [5.74, 6) is 0.486. The van der Waals surface area contributed by atoms with E-state index in [4.69, 9.17) is 9.15 Å². The van der Waals surface area contributed by atoms with Crippen molar-refractivity contribution >= 4 is 11.7 Å². The topological polar surface area (TPSA) is 76.4 Å². The first-order valence-corrected chi connectivity index (χ1v) is 7.75. The first-order valence-electron chi connectivity index (χ1n) is 7.75. The van der Waals surface area contributed by atoms with Crippen LogP contribution >= 0.6 is 0 Å². The maximum atomic E-state index is 12.2. The van der Waals surface area contributed by atoms with Gasteiger partial charge in [0, 0.05) is 20.3 Å². The number of rotatable bonds is 7. The number of ether oxygens (including phenoxy) is 1. The molecule has 0 saturated heterocycles. The van der Waals surface area contributed by atoms with E-state index in [1.165, 1.54) is 6.26 Å². The van der Waals surface area contributed by atoms with Crippen molar-refractivity contribution in [2.45, 2.75) is 19.3 Å². The maximum Gasteiger partial charge on any atom is 0.319 e. The van der Waals surface area contributed by atoms with E-state index in [1.54, 1.807) is 13.3 Å². The first-order chi connectivity index (χ1) is 11.2. The molecular formula is C17H21N3O3. The Morgan fingerprint density at radius 2 is 2.22 bits per heavy atom. The summed E-state index contributed by atoms with van der Waals surface area (Å²) in [6, 6.07) is 7.22. The fourth-order valence-corrected chi connectivity index (χ4v) is 2.58. The highest BCUT2D eigenvalue weighted by molar-refractivity contribution is 5.93. The molecule has 1 aliphatic carbocycles. The van der Waals surface area contributed by atoms with Gasteiger partial charge in [-0.2, -0.15) is 0 Å². The van der Waals surface area contributed by atoms with Crippen LogP contribution in [0.1, 0.15) is 19.3 Å². The maximum absolute atomic E-state index is 12.2. The van der Waals surface area contributed by atoms with Crippen molar-refractivity contribution in [3.63, 3.8) is 0 Å². The standard InChI is InChI=1S/C17H21N3O3/c1-22-10-8-17(6-7-17)12-19-16(21)20-14-5-3-2-4-13(14)15-18-9-11-23-15/h2-5,9,11H,6-8,10,12H2,1H3,(H2,19,20,21). The van der Waals surface area contributed by atoms with E-state index in [0.29, 0.717) is 18.1 Å². The van der Waals surface area contributed by atoms with Crippen molar-refractivity contribution < 1.29 is 13.9 Å². The molecular weight excluding hydrogens is 294 g/mol. The van der Waals surface area contributed by atoms with Gasteiger partial charge in [-0.25, -0.2) is 9.78 Å². The number of methoxy groups -OCH3 is 1. The predicted octanol–water partition coefficient (Wildman–Crippen LogP) is 3.28. The molecule has 0 atom stereocenters. The Balaban J connectivity index is 1.59. The van der Waals surface area contributed by atoms with Gasteiger partial charge in [-0.3, -0.25) is 0 Å². The second-order valence-corrected chi connectivity index (χ2v) is 5.93. The predicted molar refractivity (Wildman–Crippen MR) is 87.1 cm³/mol. The number of oxazole rings is 1. The Bertz CT molecular complexity index is 651. The quantitative estimate of drug-likeness (QED) is 0.822. The van der Waals surface area contributed by atoms with Gasteiger partial charge < -0.3 is 19.8 Å². The number of carbonyl (C=O) groups is 1. The third kappa shape index (κ3) is 3.90. The summed E-state index contributed by atoms with van der Waals surface area (Å²) < 4.78 is 10.4. The zero-order chi connectivity index (χ0) is 16.1. The van der Waals surface area contributed by atoms with Gasteiger partial charge in [-0.05, 0) is 36.8 Å². The Kier molecular flexibility index (Phi) is 4.62. The summed E-state index contributed by atoms with van der Waals surface area (Å²) in [6.07, 6.45) is 6.36. The van der Waals surface area contributed by atoms with E-state index in [9.17, 15) is 4.79 Å². The van der Waals surface area contributed by atoms with Crippen LogP contribution in [-0.2, 0) is 4.74 Å². The van der Waals surface area contributed by atoms with E-state index >= 15 is 0 Å². The zero-order valence-electron chi connectivity index (χ0n) is 13.2. The minimum absolute atomic E-state index is 0.215. The van der Waals surface area contributed by atoms with Crippen LogP contribution in [0.3, 0.4) is 0 Å². The number of para-hydroxylation sites is 1. The lowest BCUT2D eigenvalue weighted by Crippen LogP contribution is -2.34. The van der Waals surface area contributed by atoms with Crippen molar-refractivity contribution in [1.29, 1.82) is 0 Å². The third-order valence-corrected chi connectivity index (χ3v) is 4.26. The van der Waals surface area contributed by atoms with Gasteiger partial charge in [0.25, 0.3) is 0 Å². The molecule has 1 aliphatic rings. The highest BCUT2D eigenvalue weighted by atomic mass is 16.5. The second-order valence-electron chi connectivity index (χ2n) is 5.93. The van der Waals surface area contributed by atoms with E-state index in [0.717, 1.165) is 31.4 Å². The lowest BCUT2D eigenvalue weighted by molar-refractivity contribution is 0.171. The van der Waals surface area contributed by atoms with Gasteiger partial charge in [0.2, 0.25) is 5.89 Å². The smallest absolute Gasteiger partial charge is 0.319 e. The molecule has 6 heteroatoms. The Morgan fingerprint density at radius 1 is 1.39 bits per heavy atom. The molecule has 1 heterocycles. The molecule has 2 N–H and O–H groups in total. The SMILES string of the molecule is COCCC1(CNC(=O)Nc2ccccc2-c2ncco2)CC1. The first kappa shape index (κ1) is 15.6. The number of nitrogens with one attached hydrogen (secondary N) is 2. The molecule has 0 aliphatic heterocycles. The molecule has 1 aromatic heterocycles. The number of amides is 2. The lowest BCUT2D eigenvalue weighted by Gasteiger charge is -2.16. The molecule has 2 amide bonds. The minimum atomic E-state index is -0.215. The van der Waals surface area contributed by atoms with E-state index < -0.39 is 0 Å². The Hall–Kier alpha value is -2.34. The number of carbonyl (C=O) groups excluding carboxylic acids is 1. The van der Waals surface area contributed by atoms with Gasteiger partial charge in [0.1, 0.15) is 6.26 Å². The van der Waals surface area contributed by atoms with Gasteiger partial charge in [0.15, 0.2) is 0 Å². The molecule has 122 valence electrons. The van der Waals surface area contributed by atoms with Crippen molar-refractivity contribution in [3.8, 4) is 11.5 Å². The van der Waals surface area contributed by atoms with Crippen LogP contribution in [0.15, 0.2) is 41.1 Å². The Labute approximate surface area is 135 Å². The van der Waals surface area contributed by atoms with Crippen LogP contribution in [0.25, 0.3) is 11.5 Å². The largest absolute Gasteiger partial charge is 0.444 e. The number of aromatic nitrogens is 1. The van der Waals surface area contributed by atoms with Crippen molar-refractivity contribution in [2.24, 2.45) is 5.41 Å². The monoisotopic (exact) mass is 315 g/mol. The summed E-state index contributed by atoms with van der Waals surface area (Å²) in [5.41, 5.74) is 1.65. The van der Waals surface area contributed by atoms with Crippen LogP contribution in [0.4, 0.5) is 10.5 Å². The lowest BCUT2D eigenvalue weighted by atomic mass is 10.0. The molecule has 0 spiro atoms. The summed E-state index contributed by atoms with van der Waals surface area (Å²) in [5, 5.41) is 5.83. The summed E-state index contributed by atoms with van der Waals surface area (Å²) in [4.78, 5) is 16.3. The van der Waals surface area contributed by atoms with Gasteiger partial charge in [-0.15, -0.1) is 0 Å². The molecule has 6 nitrogen and oxygen atoms in total. The van der Waals surface area contributed by atoms with Crippen LogP contribution < -0.4 is 10.6 Å².